The minimum atomic E-state index is 0.177. The van der Waals surface area contributed by atoms with Crippen molar-refractivity contribution in [2.75, 3.05) is 7.05 Å². The van der Waals surface area contributed by atoms with Gasteiger partial charge in [0.2, 0.25) is 0 Å². The molecule has 1 fully saturated rings. The molecule has 0 saturated heterocycles. The quantitative estimate of drug-likeness (QED) is 0.736. The Morgan fingerprint density at radius 3 is 2.62 bits per heavy atom. The number of hydrogen-bond acceptors (Lipinski definition) is 1. The summed E-state index contributed by atoms with van der Waals surface area (Å²) in [5.41, 5.74) is 4.00. The highest BCUT2D eigenvalue weighted by molar-refractivity contribution is 9.10. The van der Waals surface area contributed by atoms with E-state index in [1.54, 1.807) is 0 Å². The van der Waals surface area contributed by atoms with E-state index in [0.29, 0.717) is 0 Å². The second-order valence-corrected chi connectivity index (χ2v) is 6.98. The van der Waals surface area contributed by atoms with Gasteiger partial charge in [-0.25, -0.2) is 0 Å². The average Bonchev–Trinajstić information content (AvgIpc) is 2.40. The SMILES string of the molecule is CNC(c1cccc(C2CCC2)c1)c1ccc(Cl)cc1Br. The maximum Gasteiger partial charge on any atom is 0.0585 e. The molecule has 3 rings (SSSR count). The van der Waals surface area contributed by atoms with Crippen molar-refractivity contribution in [1.29, 1.82) is 0 Å². The number of hydrogen-bond donors (Lipinski definition) is 1. The van der Waals surface area contributed by atoms with Gasteiger partial charge < -0.3 is 5.32 Å². The van der Waals surface area contributed by atoms with Gasteiger partial charge in [-0.3, -0.25) is 0 Å². The molecule has 3 heteroatoms. The van der Waals surface area contributed by atoms with E-state index in [4.69, 9.17) is 11.6 Å². The number of nitrogens with one attached hydrogen (secondary N) is 1. The van der Waals surface area contributed by atoms with E-state index >= 15 is 0 Å². The zero-order valence-electron chi connectivity index (χ0n) is 12.1. The number of halogens is 2. The van der Waals surface area contributed by atoms with Gasteiger partial charge in [0.05, 0.1) is 6.04 Å². The van der Waals surface area contributed by atoms with Crippen molar-refractivity contribution in [3.8, 4) is 0 Å². The number of rotatable bonds is 4. The minimum Gasteiger partial charge on any atom is -0.309 e. The monoisotopic (exact) mass is 363 g/mol. The number of benzene rings is 2. The van der Waals surface area contributed by atoms with Gasteiger partial charge >= 0.3 is 0 Å². The molecule has 1 N–H and O–H groups in total. The molecule has 1 unspecified atom stereocenters. The second kappa shape index (κ2) is 6.51. The molecule has 0 bridgehead atoms. The molecule has 0 radical (unpaired) electrons. The molecule has 2 aromatic carbocycles. The van der Waals surface area contributed by atoms with Gasteiger partial charge in [0.1, 0.15) is 0 Å². The van der Waals surface area contributed by atoms with E-state index in [1.807, 2.05) is 19.2 Å². The molecule has 2 aromatic rings. The maximum atomic E-state index is 6.05. The van der Waals surface area contributed by atoms with Crippen LogP contribution in [0.5, 0.6) is 0 Å². The fraction of sp³-hybridized carbons (Fsp3) is 0.333. The Labute approximate surface area is 139 Å². The van der Waals surface area contributed by atoms with Gasteiger partial charge in [-0.1, -0.05) is 64.3 Å². The van der Waals surface area contributed by atoms with E-state index in [9.17, 15) is 0 Å². The van der Waals surface area contributed by atoms with Crippen molar-refractivity contribution >= 4 is 27.5 Å². The molecule has 0 heterocycles. The van der Waals surface area contributed by atoms with Gasteiger partial charge in [0, 0.05) is 9.50 Å². The van der Waals surface area contributed by atoms with Gasteiger partial charge in [-0.05, 0) is 54.6 Å². The first kappa shape index (κ1) is 15.1. The summed E-state index contributed by atoms with van der Waals surface area (Å²) in [4.78, 5) is 0. The standard InChI is InChI=1S/C18H19BrClN/c1-21-18(16-9-8-15(20)11-17(16)19)14-7-3-6-13(10-14)12-4-2-5-12/h3,6-12,18,21H,2,4-5H2,1H3. The van der Waals surface area contributed by atoms with Crippen LogP contribution in [0.15, 0.2) is 46.9 Å². The van der Waals surface area contributed by atoms with Crippen LogP contribution < -0.4 is 5.32 Å². The van der Waals surface area contributed by atoms with Crippen LogP contribution in [0.3, 0.4) is 0 Å². The van der Waals surface area contributed by atoms with Crippen LogP contribution >= 0.6 is 27.5 Å². The van der Waals surface area contributed by atoms with E-state index in [2.05, 4.69) is 51.6 Å². The Balaban J connectivity index is 1.95. The molecule has 1 saturated carbocycles. The molecule has 0 aromatic heterocycles. The van der Waals surface area contributed by atoms with Gasteiger partial charge in [0.15, 0.2) is 0 Å². The van der Waals surface area contributed by atoms with Crippen molar-refractivity contribution < 1.29 is 0 Å². The zero-order valence-corrected chi connectivity index (χ0v) is 14.4. The maximum absolute atomic E-state index is 6.05. The van der Waals surface area contributed by atoms with E-state index in [0.717, 1.165) is 15.4 Å². The van der Waals surface area contributed by atoms with Crippen molar-refractivity contribution in [2.24, 2.45) is 0 Å². The van der Waals surface area contributed by atoms with Gasteiger partial charge in [0.25, 0.3) is 0 Å². The second-order valence-electron chi connectivity index (χ2n) is 5.69. The smallest absolute Gasteiger partial charge is 0.0585 e. The summed E-state index contributed by atoms with van der Waals surface area (Å²) in [6, 6.07) is 15.2. The van der Waals surface area contributed by atoms with Crippen LogP contribution in [0.2, 0.25) is 5.02 Å². The molecular weight excluding hydrogens is 346 g/mol. The summed E-state index contributed by atoms with van der Waals surface area (Å²) in [5, 5.41) is 4.18. The molecular formula is C18H19BrClN. The Kier molecular flexibility index (Phi) is 4.68. The summed E-state index contributed by atoms with van der Waals surface area (Å²) >= 11 is 9.69. The van der Waals surface area contributed by atoms with Crippen molar-refractivity contribution in [3.05, 3.63) is 68.7 Å². The van der Waals surface area contributed by atoms with Crippen molar-refractivity contribution in [2.45, 2.75) is 31.2 Å². The largest absolute Gasteiger partial charge is 0.309 e. The highest BCUT2D eigenvalue weighted by Crippen LogP contribution is 2.38. The Morgan fingerprint density at radius 1 is 1.19 bits per heavy atom. The van der Waals surface area contributed by atoms with Crippen LogP contribution in [0.25, 0.3) is 0 Å². The molecule has 110 valence electrons. The highest BCUT2D eigenvalue weighted by Gasteiger charge is 2.21. The molecule has 0 spiro atoms. The summed E-state index contributed by atoms with van der Waals surface area (Å²) in [6.07, 6.45) is 4.03. The zero-order chi connectivity index (χ0) is 14.8. The third-order valence-corrected chi connectivity index (χ3v) is 5.30. The first-order chi connectivity index (χ1) is 10.2. The molecule has 0 amide bonds. The van der Waals surface area contributed by atoms with Crippen LogP contribution in [-0.4, -0.2) is 7.05 Å². The lowest BCUT2D eigenvalue weighted by Gasteiger charge is -2.27. The first-order valence-electron chi connectivity index (χ1n) is 7.41. The Hall–Kier alpha value is -0.830. The van der Waals surface area contributed by atoms with E-state index in [-0.39, 0.29) is 6.04 Å². The predicted molar refractivity (Wildman–Crippen MR) is 93.1 cm³/mol. The fourth-order valence-corrected chi connectivity index (χ4v) is 3.88. The summed E-state index contributed by atoms with van der Waals surface area (Å²) in [7, 11) is 2.00. The summed E-state index contributed by atoms with van der Waals surface area (Å²) in [6.45, 7) is 0. The van der Waals surface area contributed by atoms with E-state index < -0.39 is 0 Å². The van der Waals surface area contributed by atoms with Crippen molar-refractivity contribution in [1.82, 2.24) is 5.32 Å². The van der Waals surface area contributed by atoms with Gasteiger partial charge in [-0.15, -0.1) is 0 Å². The van der Waals surface area contributed by atoms with Crippen LogP contribution in [0.4, 0.5) is 0 Å². The van der Waals surface area contributed by atoms with Crippen LogP contribution in [0.1, 0.15) is 47.9 Å². The molecule has 21 heavy (non-hydrogen) atoms. The summed E-state index contributed by atoms with van der Waals surface area (Å²) < 4.78 is 1.04. The molecule has 1 nitrogen and oxygen atoms in total. The van der Waals surface area contributed by atoms with Crippen molar-refractivity contribution in [3.63, 3.8) is 0 Å². The molecule has 1 aliphatic rings. The lowest BCUT2D eigenvalue weighted by molar-refractivity contribution is 0.419. The van der Waals surface area contributed by atoms with E-state index in [1.165, 1.54) is 36.0 Å². The average molecular weight is 365 g/mol. The minimum absolute atomic E-state index is 0.177. The Morgan fingerprint density at radius 2 is 2.00 bits per heavy atom. The third-order valence-electron chi connectivity index (χ3n) is 4.38. The van der Waals surface area contributed by atoms with Crippen LogP contribution in [-0.2, 0) is 0 Å². The lowest BCUT2D eigenvalue weighted by Crippen LogP contribution is -2.19. The predicted octanol–water partition coefficient (Wildman–Crippen LogP) is 5.68. The molecule has 1 atom stereocenters. The normalized spacial score (nSPS) is 16.5. The Bertz CT molecular complexity index is 637. The van der Waals surface area contributed by atoms with Crippen LogP contribution in [0, 0.1) is 0 Å². The van der Waals surface area contributed by atoms with Gasteiger partial charge in [-0.2, -0.15) is 0 Å². The highest BCUT2D eigenvalue weighted by atomic mass is 79.9. The fourth-order valence-electron chi connectivity index (χ4n) is 2.97. The first-order valence-corrected chi connectivity index (χ1v) is 8.58. The lowest BCUT2D eigenvalue weighted by atomic mass is 9.79. The topological polar surface area (TPSA) is 12.0 Å². The molecule has 0 aliphatic heterocycles. The summed E-state index contributed by atoms with van der Waals surface area (Å²) in [5.74, 6) is 0.760. The third kappa shape index (κ3) is 3.18. The molecule has 1 aliphatic carbocycles.